The van der Waals surface area contributed by atoms with Crippen LogP contribution in [0.25, 0.3) is 0 Å². The van der Waals surface area contributed by atoms with E-state index in [1.54, 1.807) is 7.98 Å². The minimum absolute atomic E-state index is 0.147. The van der Waals surface area contributed by atoms with Gasteiger partial charge in [0, 0.05) is 6.42 Å². The molecule has 1 aromatic carbocycles. The number of rotatable bonds is 9. The largest absolute Gasteiger partial charge is 0.491 e. The number of primary amides is 1. The molecule has 2 amide bonds. The van der Waals surface area contributed by atoms with Gasteiger partial charge in [0.15, 0.2) is 7.98 Å². The number of nitrogens with two attached hydrogens (primary N) is 1. The van der Waals surface area contributed by atoms with Crippen LogP contribution < -0.4 is 21.0 Å². The standard InChI is InChI=1S/C16H26BN3O3/c1-10-5-4-6-11(2)15(10)23-9-12(3)19-16(22)13(20-17)7-8-14(18)21/h4-6,12-13,20H,7-9,17H2,1-3H3,(H2,18,21)(H,19,22)/t12?,13-/m0/s1. The predicted octanol–water partition coefficient (Wildman–Crippen LogP) is -0.0413. The summed E-state index contributed by atoms with van der Waals surface area (Å²) in [6.07, 6.45) is 0.550. The Labute approximate surface area is 138 Å². The zero-order chi connectivity index (χ0) is 17.4. The molecular formula is C16H26BN3O3. The molecule has 0 heterocycles. The lowest BCUT2D eigenvalue weighted by molar-refractivity contribution is -0.124. The monoisotopic (exact) mass is 319 g/mol. The summed E-state index contributed by atoms with van der Waals surface area (Å²) in [7, 11) is 1.68. The van der Waals surface area contributed by atoms with Gasteiger partial charge in [-0.2, -0.15) is 0 Å². The summed E-state index contributed by atoms with van der Waals surface area (Å²) in [6.45, 7) is 6.24. The molecule has 0 aromatic heterocycles. The summed E-state index contributed by atoms with van der Waals surface area (Å²) in [5.41, 5.74) is 7.25. The number of benzene rings is 1. The van der Waals surface area contributed by atoms with Crippen LogP contribution in [0.3, 0.4) is 0 Å². The second kappa shape index (κ2) is 9.20. The van der Waals surface area contributed by atoms with Crippen molar-refractivity contribution >= 4 is 19.8 Å². The van der Waals surface area contributed by atoms with Crippen LogP contribution in [0.1, 0.15) is 30.9 Å². The van der Waals surface area contributed by atoms with Crippen LogP contribution in [-0.2, 0) is 9.59 Å². The van der Waals surface area contributed by atoms with Crippen molar-refractivity contribution < 1.29 is 14.3 Å². The van der Waals surface area contributed by atoms with Crippen molar-refractivity contribution in [3.8, 4) is 5.75 Å². The van der Waals surface area contributed by atoms with E-state index >= 15 is 0 Å². The molecule has 126 valence electrons. The van der Waals surface area contributed by atoms with Crippen molar-refractivity contribution in [2.45, 2.75) is 45.7 Å². The van der Waals surface area contributed by atoms with Gasteiger partial charge >= 0.3 is 0 Å². The maximum absolute atomic E-state index is 12.2. The first kappa shape index (κ1) is 19.0. The lowest BCUT2D eigenvalue weighted by Crippen LogP contribution is -2.48. The first-order valence-electron chi connectivity index (χ1n) is 7.80. The highest BCUT2D eigenvalue weighted by Crippen LogP contribution is 2.22. The second-order valence-corrected chi connectivity index (χ2v) is 5.79. The third kappa shape index (κ3) is 6.32. The van der Waals surface area contributed by atoms with E-state index in [0.717, 1.165) is 16.9 Å². The number of nitrogens with one attached hydrogen (secondary N) is 2. The quantitative estimate of drug-likeness (QED) is 0.557. The van der Waals surface area contributed by atoms with Gasteiger partial charge in [0.05, 0.1) is 12.1 Å². The number of carbonyl (C=O) groups is 2. The normalized spacial score (nSPS) is 13.2. The molecule has 1 unspecified atom stereocenters. The molecule has 7 heteroatoms. The Morgan fingerprint density at radius 1 is 1.30 bits per heavy atom. The number of para-hydroxylation sites is 1. The third-order valence-electron chi connectivity index (χ3n) is 3.62. The third-order valence-corrected chi connectivity index (χ3v) is 3.62. The van der Waals surface area contributed by atoms with Crippen molar-refractivity contribution in [2.24, 2.45) is 5.73 Å². The molecule has 0 aliphatic carbocycles. The van der Waals surface area contributed by atoms with E-state index in [1.165, 1.54) is 0 Å². The van der Waals surface area contributed by atoms with Crippen LogP contribution in [0.15, 0.2) is 18.2 Å². The Kier molecular flexibility index (Phi) is 7.61. The van der Waals surface area contributed by atoms with Gasteiger partial charge in [-0.3, -0.25) is 9.59 Å². The van der Waals surface area contributed by atoms with Gasteiger partial charge in [0.2, 0.25) is 11.8 Å². The van der Waals surface area contributed by atoms with E-state index in [2.05, 4.69) is 10.5 Å². The van der Waals surface area contributed by atoms with E-state index in [1.807, 2.05) is 39.0 Å². The summed E-state index contributed by atoms with van der Waals surface area (Å²) < 4.78 is 5.83. The van der Waals surface area contributed by atoms with Gasteiger partial charge in [0.25, 0.3) is 0 Å². The molecular weight excluding hydrogens is 293 g/mol. The minimum Gasteiger partial charge on any atom is -0.491 e. The lowest BCUT2D eigenvalue weighted by Gasteiger charge is -2.21. The molecule has 0 saturated carbocycles. The number of hydrogen-bond donors (Lipinski definition) is 3. The highest BCUT2D eigenvalue weighted by atomic mass is 16.5. The van der Waals surface area contributed by atoms with Gasteiger partial charge < -0.3 is 21.0 Å². The van der Waals surface area contributed by atoms with Crippen LogP contribution >= 0.6 is 0 Å². The number of amides is 2. The first-order valence-corrected chi connectivity index (χ1v) is 7.80. The molecule has 1 aromatic rings. The predicted molar refractivity (Wildman–Crippen MR) is 92.9 cm³/mol. The first-order chi connectivity index (χ1) is 10.8. The molecule has 23 heavy (non-hydrogen) atoms. The number of carbonyl (C=O) groups excluding carboxylic acids is 2. The smallest absolute Gasteiger partial charge is 0.236 e. The van der Waals surface area contributed by atoms with Gasteiger partial charge in [-0.05, 0) is 38.3 Å². The molecule has 0 saturated heterocycles. The molecule has 4 N–H and O–H groups in total. The molecule has 0 bridgehead atoms. The van der Waals surface area contributed by atoms with Crippen molar-refractivity contribution in [3.63, 3.8) is 0 Å². The lowest BCUT2D eigenvalue weighted by atomic mass is 10.1. The molecule has 2 atom stereocenters. The maximum Gasteiger partial charge on any atom is 0.236 e. The maximum atomic E-state index is 12.2. The molecule has 0 aliphatic heterocycles. The van der Waals surface area contributed by atoms with Crippen LogP contribution in [0.2, 0.25) is 0 Å². The SMILES string of the molecule is BN[C@@H](CCC(N)=O)C(=O)NC(C)COc1c(C)cccc1C. The van der Waals surface area contributed by atoms with Crippen molar-refractivity contribution in [2.75, 3.05) is 6.61 Å². The summed E-state index contributed by atoms with van der Waals surface area (Å²) in [4.78, 5) is 23.0. The number of ether oxygens (including phenoxy) is 1. The Balaban J connectivity index is 2.50. The van der Waals surface area contributed by atoms with E-state index in [4.69, 9.17) is 10.5 Å². The zero-order valence-electron chi connectivity index (χ0n) is 14.3. The fourth-order valence-corrected chi connectivity index (χ4v) is 2.31. The van der Waals surface area contributed by atoms with E-state index < -0.39 is 11.9 Å². The number of aryl methyl sites for hydroxylation is 2. The van der Waals surface area contributed by atoms with Crippen molar-refractivity contribution in [1.82, 2.24) is 10.5 Å². The molecule has 0 spiro atoms. The van der Waals surface area contributed by atoms with Crippen LogP contribution in [-0.4, -0.2) is 38.5 Å². The summed E-state index contributed by atoms with van der Waals surface area (Å²) in [5, 5.41) is 5.78. The molecule has 1 rings (SSSR count). The van der Waals surface area contributed by atoms with Crippen molar-refractivity contribution in [1.29, 1.82) is 0 Å². The average molecular weight is 319 g/mol. The molecule has 0 fully saturated rings. The number of hydrogen-bond acceptors (Lipinski definition) is 4. The molecule has 0 radical (unpaired) electrons. The highest BCUT2D eigenvalue weighted by Gasteiger charge is 2.19. The van der Waals surface area contributed by atoms with E-state index in [-0.39, 0.29) is 18.4 Å². The zero-order valence-corrected chi connectivity index (χ0v) is 14.3. The highest BCUT2D eigenvalue weighted by molar-refractivity contribution is 6.06. The minimum atomic E-state index is -0.440. The van der Waals surface area contributed by atoms with E-state index in [0.29, 0.717) is 13.0 Å². The van der Waals surface area contributed by atoms with Gasteiger partial charge in [-0.1, -0.05) is 18.2 Å². The molecule has 0 aliphatic rings. The van der Waals surface area contributed by atoms with Gasteiger partial charge in [-0.25, -0.2) is 0 Å². The Hall–Kier alpha value is -2.02. The van der Waals surface area contributed by atoms with Crippen LogP contribution in [0.5, 0.6) is 5.75 Å². The Morgan fingerprint density at radius 3 is 2.43 bits per heavy atom. The Morgan fingerprint density at radius 2 is 1.91 bits per heavy atom. The summed E-state index contributed by atoms with van der Waals surface area (Å²) in [5.74, 6) is 0.281. The van der Waals surface area contributed by atoms with Crippen LogP contribution in [0.4, 0.5) is 0 Å². The van der Waals surface area contributed by atoms with Gasteiger partial charge in [0.1, 0.15) is 12.4 Å². The summed E-state index contributed by atoms with van der Waals surface area (Å²) in [6, 6.07) is 5.38. The molecule has 6 nitrogen and oxygen atoms in total. The second-order valence-electron chi connectivity index (χ2n) is 5.79. The average Bonchev–Trinajstić information content (AvgIpc) is 2.47. The fourth-order valence-electron chi connectivity index (χ4n) is 2.31. The van der Waals surface area contributed by atoms with Gasteiger partial charge in [-0.15, -0.1) is 0 Å². The van der Waals surface area contributed by atoms with Crippen LogP contribution in [0, 0.1) is 13.8 Å². The van der Waals surface area contributed by atoms with E-state index in [9.17, 15) is 9.59 Å². The topological polar surface area (TPSA) is 93.5 Å². The Bertz CT molecular complexity index is 531. The summed E-state index contributed by atoms with van der Waals surface area (Å²) >= 11 is 0. The fraction of sp³-hybridized carbons (Fsp3) is 0.500. The van der Waals surface area contributed by atoms with Crippen molar-refractivity contribution in [3.05, 3.63) is 29.3 Å².